The Balaban J connectivity index is 2.27. The van der Waals surface area contributed by atoms with Crippen molar-refractivity contribution in [3.8, 4) is 0 Å². The van der Waals surface area contributed by atoms with E-state index in [1.165, 1.54) is 13.2 Å². The molecule has 0 radical (unpaired) electrons. The average Bonchev–Trinajstić information content (AvgIpc) is 2.76. The van der Waals surface area contributed by atoms with Crippen molar-refractivity contribution in [3.05, 3.63) is 35.3 Å². The second-order valence-corrected chi connectivity index (χ2v) is 4.76. The topological polar surface area (TPSA) is 54.1 Å². The van der Waals surface area contributed by atoms with Crippen LogP contribution in [0.5, 0.6) is 0 Å². The number of H-pyrrole nitrogens is 1. The SMILES string of the molecule is COC(=O)NCc1cc2cc(F)c(C(C)C)cc2[nH]1. The highest BCUT2D eigenvalue weighted by Gasteiger charge is 2.10. The van der Waals surface area contributed by atoms with Crippen molar-refractivity contribution >= 4 is 17.0 Å². The number of hydrogen-bond donors (Lipinski definition) is 2. The number of ether oxygens (including phenoxy) is 1. The highest BCUT2D eigenvalue weighted by Crippen LogP contribution is 2.25. The molecule has 2 N–H and O–H groups in total. The van der Waals surface area contributed by atoms with Gasteiger partial charge in [-0.25, -0.2) is 9.18 Å². The molecule has 0 fully saturated rings. The third kappa shape index (κ3) is 2.86. The van der Waals surface area contributed by atoms with Gasteiger partial charge in [-0.1, -0.05) is 13.8 Å². The summed E-state index contributed by atoms with van der Waals surface area (Å²) in [5, 5.41) is 3.37. The molecule has 0 bridgehead atoms. The van der Waals surface area contributed by atoms with E-state index in [0.29, 0.717) is 12.1 Å². The van der Waals surface area contributed by atoms with Gasteiger partial charge >= 0.3 is 6.09 Å². The third-order valence-corrected chi connectivity index (χ3v) is 3.02. The van der Waals surface area contributed by atoms with Gasteiger partial charge in [-0.05, 0) is 29.7 Å². The number of amides is 1. The van der Waals surface area contributed by atoms with Crippen LogP contribution >= 0.6 is 0 Å². The van der Waals surface area contributed by atoms with Gasteiger partial charge in [0.25, 0.3) is 0 Å². The van der Waals surface area contributed by atoms with Gasteiger partial charge in [-0.3, -0.25) is 0 Å². The number of carbonyl (C=O) groups is 1. The summed E-state index contributed by atoms with van der Waals surface area (Å²) in [4.78, 5) is 14.2. The molecule has 0 saturated heterocycles. The monoisotopic (exact) mass is 264 g/mol. The minimum atomic E-state index is -0.493. The fourth-order valence-corrected chi connectivity index (χ4v) is 2.01. The third-order valence-electron chi connectivity index (χ3n) is 3.02. The van der Waals surface area contributed by atoms with Crippen LogP contribution in [-0.4, -0.2) is 18.2 Å². The maximum atomic E-state index is 13.8. The maximum Gasteiger partial charge on any atom is 0.407 e. The first kappa shape index (κ1) is 13.4. The minimum absolute atomic E-state index is 0.129. The molecule has 0 unspecified atom stereocenters. The Hall–Kier alpha value is -2.04. The first-order valence-electron chi connectivity index (χ1n) is 6.14. The summed E-state index contributed by atoms with van der Waals surface area (Å²) in [6.45, 7) is 4.22. The van der Waals surface area contributed by atoms with Crippen LogP contribution in [0.4, 0.5) is 9.18 Å². The Labute approximate surface area is 111 Å². The summed E-state index contributed by atoms with van der Waals surface area (Å²) >= 11 is 0. The van der Waals surface area contributed by atoms with Crippen molar-refractivity contribution in [1.82, 2.24) is 10.3 Å². The number of alkyl carbamates (subject to hydrolysis) is 1. The molecule has 102 valence electrons. The van der Waals surface area contributed by atoms with E-state index in [1.807, 2.05) is 26.0 Å². The Kier molecular flexibility index (Phi) is 3.74. The molecule has 2 rings (SSSR count). The molecule has 0 aliphatic heterocycles. The Bertz CT molecular complexity index is 605. The predicted molar refractivity (Wildman–Crippen MR) is 71.6 cm³/mol. The number of hydrogen-bond acceptors (Lipinski definition) is 2. The van der Waals surface area contributed by atoms with Gasteiger partial charge in [-0.2, -0.15) is 0 Å². The van der Waals surface area contributed by atoms with Crippen LogP contribution in [0.25, 0.3) is 10.9 Å². The summed E-state index contributed by atoms with van der Waals surface area (Å²) in [6.07, 6.45) is -0.493. The van der Waals surface area contributed by atoms with Crippen molar-refractivity contribution in [1.29, 1.82) is 0 Å². The normalized spacial score (nSPS) is 11.0. The van der Waals surface area contributed by atoms with E-state index in [4.69, 9.17) is 0 Å². The van der Waals surface area contributed by atoms with Gasteiger partial charge in [0.1, 0.15) is 5.82 Å². The van der Waals surface area contributed by atoms with Gasteiger partial charge in [0, 0.05) is 16.6 Å². The molecule has 0 atom stereocenters. The average molecular weight is 264 g/mol. The predicted octanol–water partition coefficient (Wildman–Crippen LogP) is 3.29. The number of rotatable bonds is 3. The van der Waals surface area contributed by atoms with E-state index >= 15 is 0 Å². The zero-order valence-electron chi connectivity index (χ0n) is 11.2. The van der Waals surface area contributed by atoms with Gasteiger partial charge < -0.3 is 15.0 Å². The van der Waals surface area contributed by atoms with Crippen LogP contribution in [0.1, 0.15) is 31.0 Å². The zero-order chi connectivity index (χ0) is 14.0. The molecule has 5 heteroatoms. The molecular weight excluding hydrogens is 247 g/mol. The Morgan fingerprint density at radius 1 is 1.42 bits per heavy atom. The molecule has 1 amide bonds. The van der Waals surface area contributed by atoms with E-state index in [2.05, 4.69) is 15.0 Å². The fraction of sp³-hybridized carbons (Fsp3) is 0.357. The van der Waals surface area contributed by atoms with Crippen LogP contribution in [0.15, 0.2) is 18.2 Å². The van der Waals surface area contributed by atoms with Crippen LogP contribution in [-0.2, 0) is 11.3 Å². The van der Waals surface area contributed by atoms with Crippen LogP contribution in [0.2, 0.25) is 0 Å². The number of aromatic amines is 1. The Morgan fingerprint density at radius 3 is 2.79 bits per heavy atom. The molecule has 1 heterocycles. The lowest BCUT2D eigenvalue weighted by Gasteiger charge is -2.06. The van der Waals surface area contributed by atoms with Crippen LogP contribution < -0.4 is 5.32 Å². The van der Waals surface area contributed by atoms with Gasteiger partial charge in [0.05, 0.1) is 13.7 Å². The number of aromatic nitrogens is 1. The van der Waals surface area contributed by atoms with Crippen molar-refractivity contribution in [3.63, 3.8) is 0 Å². The summed E-state index contributed by atoms with van der Waals surface area (Å²) in [7, 11) is 1.31. The molecule has 0 spiro atoms. The first-order valence-corrected chi connectivity index (χ1v) is 6.14. The second kappa shape index (κ2) is 5.30. The molecule has 1 aromatic heterocycles. The summed E-state index contributed by atoms with van der Waals surface area (Å²) in [6, 6.07) is 5.15. The summed E-state index contributed by atoms with van der Waals surface area (Å²) in [5.74, 6) is -0.0710. The molecular formula is C14H17FN2O2. The number of carbonyl (C=O) groups excluding carboxylic acids is 1. The molecule has 0 saturated carbocycles. The molecule has 2 aromatic rings. The van der Waals surface area contributed by atoms with E-state index in [-0.39, 0.29) is 11.7 Å². The second-order valence-electron chi connectivity index (χ2n) is 4.76. The zero-order valence-corrected chi connectivity index (χ0v) is 11.2. The Morgan fingerprint density at radius 2 is 2.16 bits per heavy atom. The van der Waals surface area contributed by atoms with Gasteiger partial charge in [0.2, 0.25) is 0 Å². The summed E-state index contributed by atoms with van der Waals surface area (Å²) in [5.41, 5.74) is 2.36. The number of benzene rings is 1. The van der Waals surface area contributed by atoms with Crippen molar-refractivity contribution in [2.24, 2.45) is 0 Å². The van der Waals surface area contributed by atoms with Crippen molar-refractivity contribution in [2.75, 3.05) is 7.11 Å². The quantitative estimate of drug-likeness (QED) is 0.893. The van der Waals surface area contributed by atoms with Crippen molar-refractivity contribution in [2.45, 2.75) is 26.3 Å². The molecule has 19 heavy (non-hydrogen) atoms. The van der Waals surface area contributed by atoms with E-state index in [9.17, 15) is 9.18 Å². The maximum absolute atomic E-state index is 13.8. The smallest absolute Gasteiger partial charge is 0.407 e. The molecule has 1 aromatic carbocycles. The van der Waals surface area contributed by atoms with E-state index < -0.39 is 6.09 Å². The molecule has 0 aliphatic rings. The van der Waals surface area contributed by atoms with Crippen LogP contribution in [0, 0.1) is 5.82 Å². The fourth-order valence-electron chi connectivity index (χ4n) is 2.01. The minimum Gasteiger partial charge on any atom is -0.453 e. The summed E-state index contributed by atoms with van der Waals surface area (Å²) < 4.78 is 18.3. The number of fused-ring (bicyclic) bond motifs is 1. The number of nitrogens with one attached hydrogen (secondary N) is 2. The molecule has 0 aliphatic carbocycles. The van der Waals surface area contributed by atoms with E-state index in [1.54, 1.807) is 0 Å². The van der Waals surface area contributed by atoms with Gasteiger partial charge in [-0.15, -0.1) is 0 Å². The molecule has 4 nitrogen and oxygen atoms in total. The lowest BCUT2D eigenvalue weighted by molar-refractivity contribution is 0.170. The van der Waals surface area contributed by atoms with E-state index in [0.717, 1.165) is 16.6 Å². The van der Waals surface area contributed by atoms with Gasteiger partial charge in [0.15, 0.2) is 0 Å². The lowest BCUT2D eigenvalue weighted by Crippen LogP contribution is -2.22. The highest BCUT2D eigenvalue weighted by molar-refractivity contribution is 5.81. The number of halogens is 1. The lowest BCUT2D eigenvalue weighted by atomic mass is 10.0. The largest absolute Gasteiger partial charge is 0.453 e. The highest BCUT2D eigenvalue weighted by atomic mass is 19.1. The van der Waals surface area contributed by atoms with Crippen molar-refractivity contribution < 1.29 is 13.9 Å². The first-order chi connectivity index (χ1) is 9.01. The number of methoxy groups -OCH3 is 1. The standard InChI is InChI=1S/C14H17FN2O2/c1-8(2)11-6-13-9(5-12(11)15)4-10(17-13)7-16-14(18)19-3/h4-6,8,17H,7H2,1-3H3,(H,16,18). The van der Waals surface area contributed by atoms with Crippen LogP contribution in [0.3, 0.4) is 0 Å².